The Balaban J connectivity index is 2.35. The van der Waals surface area contributed by atoms with Crippen molar-refractivity contribution in [2.45, 2.75) is 18.9 Å². The summed E-state index contributed by atoms with van der Waals surface area (Å²) < 4.78 is 0. The molecule has 1 aromatic carbocycles. The third kappa shape index (κ3) is 2.98. The topological polar surface area (TPSA) is 49.6 Å². The van der Waals surface area contributed by atoms with Crippen molar-refractivity contribution in [3.8, 4) is 0 Å². The maximum atomic E-state index is 11.2. The Morgan fingerprint density at radius 2 is 2.26 bits per heavy atom. The highest BCUT2D eigenvalue weighted by Crippen LogP contribution is 2.38. The Bertz CT molecular complexity index is 479. The van der Waals surface area contributed by atoms with E-state index < -0.39 is 0 Å². The number of benzene rings is 1. The number of para-hydroxylation sites is 1. The first-order valence-corrected chi connectivity index (χ1v) is 6.72. The molecule has 0 amide bonds. The molecule has 2 rings (SSSR count). The van der Waals surface area contributed by atoms with Gasteiger partial charge < -0.3 is 9.80 Å². The fourth-order valence-corrected chi connectivity index (χ4v) is 2.92. The van der Waals surface area contributed by atoms with E-state index in [1.807, 2.05) is 14.1 Å². The third-order valence-electron chi connectivity index (χ3n) is 3.41. The molecule has 0 saturated carbocycles. The molecule has 19 heavy (non-hydrogen) atoms. The molecule has 1 aromatic rings. The van der Waals surface area contributed by atoms with Gasteiger partial charge in [-0.05, 0) is 39.1 Å². The molecular weight excluding hydrogens is 266 g/mol. The van der Waals surface area contributed by atoms with Gasteiger partial charge in [-0.25, -0.2) is 0 Å². The predicted octanol–water partition coefficient (Wildman–Crippen LogP) is 2.78. The van der Waals surface area contributed by atoms with Crippen LogP contribution in [0.1, 0.15) is 12.8 Å². The lowest BCUT2D eigenvalue weighted by molar-refractivity contribution is -0.384. The van der Waals surface area contributed by atoms with Gasteiger partial charge in [0, 0.05) is 19.1 Å². The van der Waals surface area contributed by atoms with Crippen LogP contribution in [0.2, 0.25) is 5.02 Å². The second kappa shape index (κ2) is 5.75. The molecule has 0 aliphatic carbocycles. The summed E-state index contributed by atoms with van der Waals surface area (Å²) in [6.45, 7) is 1.74. The molecule has 0 spiro atoms. The fourth-order valence-electron chi connectivity index (χ4n) is 2.68. The molecule has 104 valence electrons. The largest absolute Gasteiger partial charge is 0.362 e. The zero-order valence-corrected chi connectivity index (χ0v) is 11.9. The summed E-state index contributed by atoms with van der Waals surface area (Å²) in [7, 11) is 4.03. The van der Waals surface area contributed by atoms with Gasteiger partial charge in [-0.2, -0.15) is 0 Å². The van der Waals surface area contributed by atoms with E-state index in [0.717, 1.165) is 25.9 Å². The number of nitro benzene ring substituents is 1. The third-order valence-corrected chi connectivity index (χ3v) is 3.72. The lowest BCUT2D eigenvalue weighted by Gasteiger charge is -2.28. The van der Waals surface area contributed by atoms with E-state index in [9.17, 15) is 10.1 Å². The molecule has 6 heteroatoms. The van der Waals surface area contributed by atoms with E-state index in [1.165, 1.54) is 0 Å². The predicted molar refractivity (Wildman–Crippen MR) is 77.0 cm³/mol. The van der Waals surface area contributed by atoms with Gasteiger partial charge in [0.25, 0.3) is 0 Å². The summed E-state index contributed by atoms with van der Waals surface area (Å²) in [6, 6.07) is 5.45. The van der Waals surface area contributed by atoms with Crippen LogP contribution in [0.3, 0.4) is 0 Å². The number of anilines is 1. The summed E-state index contributed by atoms with van der Waals surface area (Å²) >= 11 is 5.98. The Labute approximate surface area is 117 Å². The van der Waals surface area contributed by atoms with Crippen molar-refractivity contribution in [3.63, 3.8) is 0 Å². The molecule has 0 aromatic heterocycles. The van der Waals surface area contributed by atoms with Crippen LogP contribution in [0.25, 0.3) is 0 Å². The monoisotopic (exact) mass is 283 g/mol. The fraction of sp³-hybridized carbons (Fsp3) is 0.538. The zero-order valence-electron chi connectivity index (χ0n) is 11.2. The van der Waals surface area contributed by atoms with Crippen LogP contribution in [0, 0.1) is 10.1 Å². The van der Waals surface area contributed by atoms with Gasteiger partial charge in [0.2, 0.25) is 0 Å². The number of hydrogen-bond acceptors (Lipinski definition) is 4. The maximum Gasteiger partial charge on any atom is 0.310 e. The van der Waals surface area contributed by atoms with Gasteiger partial charge in [-0.3, -0.25) is 10.1 Å². The number of nitro groups is 1. The van der Waals surface area contributed by atoms with Crippen LogP contribution in [-0.4, -0.2) is 43.0 Å². The maximum absolute atomic E-state index is 11.2. The lowest BCUT2D eigenvalue weighted by atomic mass is 10.2. The average molecular weight is 284 g/mol. The Hall–Kier alpha value is -1.33. The van der Waals surface area contributed by atoms with E-state index >= 15 is 0 Å². The number of rotatable bonds is 4. The van der Waals surface area contributed by atoms with Crippen molar-refractivity contribution < 1.29 is 4.92 Å². The Morgan fingerprint density at radius 3 is 2.89 bits per heavy atom. The number of halogens is 1. The van der Waals surface area contributed by atoms with E-state index in [4.69, 9.17) is 11.6 Å². The van der Waals surface area contributed by atoms with Gasteiger partial charge in [0.05, 0.1) is 4.92 Å². The first kappa shape index (κ1) is 14.1. The lowest BCUT2D eigenvalue weighted by Crippen LogP contribution is -2.37. The SMILES string of the molecule is CN(C)CC1CCCN1c1cccc(Cl)c1[N+](=O)[O-]. The smallest absolute Gasteiger partial charge is 0.310 e. The van der Waals surface area contributed by atoms with Gasteiger partial charge in [0.1, 0.15) is 10.7 Å². The minimum atomic E-state index is -0.386. The second-order valence-electron chi connectivity index (χ2n) is 5.12. The highest BCUT2D eigenvalue weighted by atomic mass is 35.5. The van der Waals surface area contributed by atoms with E-state index in [1.54, 1.807) is 18.2 Å². The van der Waals surface area contributed by atoms with Gasteiger partial charge >= 0.3 is 5.69 Å². The molecule has 1 fully saturated rings. The first-order valence-electron chi connectivity index (χ1n) is 6.35. The standard InChI is InChI=1S/C13H18ClN3O2/c1-15(2)9-10-5-4-8-16(10)12-7-3-6-11(14)13(12)17(18)19/h3,6-7,10H,4-5,8-9H2,1-2H3. The summed E-state index contributed by atoms with van der Waals surface area (Å²) in [5.41, 5.74) is 0.664. The summed E-state index contributed by atoms with van der Waals surface area (Å²) in [6.07, 6.45) is 2.12. The molecular formula is C13H18ClN3O2. The van der Waals surface area contributed by atoms with Gasteiger partial charge in [0.15, 0.2) is 0 Å². The minimum Gasteiger partial charge on any atom is -0.362 e. The molecule has 1 aliphatic rings. The molecule has 1 saturated heterocycles. The normalized spacial score (nSPS) is 19.2. The molecule has 5 nitrogen and oxygen atoms in total. The van der Waals surface area contributed by atoms with E-state index in [0.29, 0.717) is 11.7 Å². The van der Waals surface area contributed by atoms with E-state index in [-0.39, 0.29) is 15.6 Å². The Morgan fingerprint density at radius 1 is 1.53 bits per heavy atom. The van der Waals surface area contributed by atoms with Crippen LogP contribution in [0.15, 0.2) is 18.2 Å². The van der Waals surface area contributed by atoms with Crippen LogP contribution in [-0.2, 0) is 0 Å². The molecule has 1 unspecified atom stereocenters. The summed E-state index contributed by atoms with van der Waals surface area (Å²) in [4.78, 5) is 15.1. The molecule has 1 aliphatic heterocycles. The highest BCUT2D eigenvalue weighted by molar-refractivity contribution is 6.33. The van der Waals surface area contributed by atoms with Crippen molar-refractivity contribution >= 4 is 23.0 Å². The average Bonchev–Trinajstić information content (AvgIpc) is 2.75. The molecule has 1 heterocycles. The van der Waals surface area contributed by atoms with Crippen molar-refractivity contribution in [2.75, 3.05) is 32.1 Å². The van der Waals surface area contributed by atoms with Gasteiger partial charge in [-0.15, -0.1) is 0 Å². The van der Waals surface area contributed by atoms with Crippen molar-refractivity contribution in [3.05, 3.63) is 33.3 Å². The number of likely N-dealkylation sites (N-methyl/N-ethyl adjacent to an activating group) is 1. The molecule has 1 atom stereocenters. The second-order valence-corrected chi connectivity index (χ2v) is 5.52. The quantitative estimate of drug-likeness (QED) is 0.630. The molecule has 0 radical (unpaired) electrons. The van der Waals surface area contributed by atoms with Crippen molar-refractivity contribution in [1.29, 1.82) is 0 Å². The van der Waals surface area contributed by atoms with Crippen LogP contribution in [0.4, 0.5) is 11.4 Å². The van der Waals surface area contributed by atoms with Crippen LogP contribution in [0.5, 0.6) is 0 Å². The zero-order chi connectivity index (χ0) is 14.0. The van der Waals surface area contributed by atoms with Crippen LogP contribution >= 0.6 is 11.6 Å². The molecule has 0 bridgehead atoms. The number of hydrogen-bond donors (Lipinski definition) is 0. The summed E-state index contributed by atoms with van der Waals surface area (Å²) in [5.74, 6) is 0. The Kier molecular flexibility index (Phi) is 4.27. The number of nitrogens with zero attached hydrogens (tertiary/aromatic N) is 3. The highest BCUT2D eigenvalue weighted by Gasteiger charge is 2.31. The van der Waals surface area contributed by atoms with Gasteiger partial charge in [-0.1, -0.05) is 17.7 Å². The van der Waals surface area contributed by atoms with Crippen LogP contribution < -0.4 is 4.90 Å². The molecule has 0 N–H and O–H groups in total. The van der Waals surface area contributed by atoms with Crippen molar-refractivity contribution in [2.24, 2.45) is 0 Å². The summed E-state index contributed by atoms with van der Waals surface area (Å²) in [5, 5.41) is 11.4. The minimum absolute atomic E-state index is 0.0230. The van der Waals surface area contributed by atoms with E-state index in [2.05, 4.69) is 9.80 Å². The van der Waals surface area contributed by atoms with Crippen molar-refractivity contribution in [1.82, 2.24) is 4.90 Å². The first-order chi connectivity index (χ1) is 9.00.